The fourth-order valence-corrected chi connectivity index (χ4v) is 2.38. The van der Waals surface area contributed by atoms with Gasteiger partial charge in [-0.15, -0.1) is 0 Å². The standard InChI is InChI=1S/C18H19FN2O3/c1-11-9-16(11)17-8-7-15(24-17)10-20-21-18(22)12(2)23-14-5-3-13(19)4-6-14/h3-8,10-12,16H,9H2,1-2H3,(H,21,22)/b20-10-/t11-,12+,16+/m0/s1. The topological polar surface area (TPSA) is 63.8 Å². The van der Waals surface area contributed by atoms with Crippen LogP contribution in [0.4, 0.5) is 4.39 Å². The number of benzene rings is 1. The highest BCUT2D eigenvalue weighted by Gasteiger charge is 2.36. The molecular formula is C18H19FN2O3. The smallest absolute Gasteiger partial charge is 0.280 e. The van der Waals surface area contributed by atoms with Crippen molar-refractivity contribution in [2.45, 2.75) is 32.3 Å². The van der Waals surface area contributed by atoms with Crippen LogP contribution in [-0.2, 0) is 4.79 Å². The number of halogens is 1. The van der Waals surface area contributed by atoms with Gasteiger partial charge in [-0.1, -0.05) is 6.92 Å². The van der Waals surface area contributed by atoms with Crippen LogP contribution in [0.25, 0.3) is 0 Å². The van der Waals surface area contributed by atoms with Crippen molar-refractivity contribution in [2.75, 3.05) is 0 Å². The van der Waals surface area contributed by atoms with Gasteiger partial charge in [0.25, 0.3) is 5.91 Å². The molecule has 0 unspecified atom stereocenters. The number of hydrazone groups is 1. The highest BCUT2D eigenvalue weighted by atomic mass is 19.1. The molecule has 3 atom stereocenters. The molecule has 0 bridgehead atoms. The molecule has 1 saturated carbocycles. The number of hydrogen-bond acceptors (Lipinski definition) is 4. The quantitative estimate of drug-likeness (QED) is 0.652. The van der Waals surface area contributed by atoms with Gasteiger partial charge in [-0.3, -0.25) is 4.79 Å². The molecule has 0 spiro atoms. The minimum Gasteiger partial charge on any atom is -0.481 e. The molecule has 3 rings (SSSR count). The molecule has 1 heterocycles. The van der Waals surface area contributed by atoms with Crippen molar-refractivity contribution in [3.63, 3.8) is 0 Å². The van der Waals surface area contributed by atoms with Gasteiger partial charge in [-0.05, 0) is 55.7 Å². The van der Waals surface area contributed by atoms with E-state index in [9.17, 15) is 9.18 Å². The number of nitrogens with one attached hydrogen (secondary N) is 1. The fraction of sp³-hybridized carbons (Fsp3) is 0.333. The second kappa shape index (κ2) is 6.86. The van der Waals surface area contributed by atoms with Gasteiger partial charge < -0.3 is 9.15 Å². The number of amides is 1. The first-order valence-electron chi connectivity index (χ1n) is 7.88. The Morgan fingerprint density at radius 2 is 2.08 bits per heavy atom. The average Bonchev–Trinajstić information content (AvgIpc) is 3.10. The van der Waals surface area contributed by atoms with E-state index in [4.69, 9.17) is 9.15 Å². The Bertz CT molecular complexity index is 739. The summed E-state index contributed by atoms with van der Waals surface area (Å²) in [7, 11) is 0. The van der Waals surface area contributed by atoms with Gasteiger partial charge in [0.15, 0.2) is 6.10 Å². The van der Waals surface area contributed by atoms with Crippen LogP contribution < -0.4 is 10.2 Å². The predicted octanol–water partition coefficient (Wildman–Crippen LogP) is 3.46. The molecule has 24 heavy (non-hydrogen) atoms. The molecule has 0 radical (unpaired) electrons. The van der Waals surface area contributed by atoms with E-state index < -0.39 is 12.0 Å². The van der Waals surface area contributed by atoms with Gasteiger partial charge >= 0.3 is 0 Å². The Morgan fingerprint density at radius 3 is 2.75 bits per heavy atom. The summed E-state index contributed by atoms with van der Waals surface area (Å²) in [6, 6.07) is 9.24. The first kappa shape index (κ1) is 16.2. The van der Waals surface area contributed by atoms with Crippen molar-refractivity contribution < 1.29 is 18.3 Å². The van der Waals surface area contributed by atoms with E-state index >= 15 is 0 Å². The number of rotatable bonds is 6. The van der Waals surface area contributed by atoms with Gasteiger partial charge in [-0.25, -0.2) is 9.82 Å². The zero-order valence-electron chi connectivity index (χ0n) is 13.5. The Labute approximate surface area is 139 Å². The highest BCUT2D eigenvalue weighted by molar-refractivity contribution is 5.83. The monoisotopic (exact) mass is 330 g/mol. The molecule has 126 valence electrons. The minimum absolute atomic E-state index is 0.359. The molecule has 6 heteroatoms. The van der Waals surface area contributed by atoms with Crippen molar-refractivity contribution >= 4 is 12.1 Å². The van der Waals surface area contributed by atoms with Gasteiger partial charge in [-0.2, -0.15) is 5.10 Å². The van der Waals surface area contributed by atoms with Crippen LogP contribution in [0.1, 0.15) is 37.7 Å². The van der Waals surface area contributed by atoms with Gasteiger partial charge in [0.2, 0.25) is 0 Å². The Balaban J connectivity index is 1.49. The van der Waals surface area contributed by atoms with E-state index in [0.717, 1.165) is 12.2 Å². The van der Waals surface area contributed by atoms with Crippen molar-refractivity contribution in [3.05, 3.63) is 53.7 Å². The molecule has 2 aromatic rings. The zero-order valence-corrected chi connectivity index (χ0v) is 13.5. The predicted molar refractivity (Wildman–Crippen MR) is 87.5 cm³/mol. The SMILES string of the molecule is C[C@@H](Oc1ccc(F)cc1)C(=O)N/N=C\c1ccc([C@@H]2C[C@@H]2C)o1. The third-order valence-corrected chi connectivity index (χ3v) is 3.98. The largest absolute Gasteiger partial charge is 0.481 e. The van der Waals surface area contributed by atoms with Crippen LogP contribution in [0.3, 0.4) is 0 Å². The van der Waals surface area contributed by atoms with Gasteiger partial charge in [0, 0.05) is 5.92 Å². The third-order valence-electron chi connectivity index (χ3n) is 3.98. The molecule has 1 fully saturated rings. The van der Waals surface area contributed by atoms with E-state index in [1.54, 1.807) is 6.92 Å². The number of carbonyl (C=O) groups is 1. The number of carbonyl (C=O) groups excluding carboxylic acids is 1. The summed E-state index contributed by atoms with van der Waals surface area (Å²) in [5.74, 6) is 2.38. The summed E-state index contributed by atoms with van der Waals surface area (Å²) in [5.41, 5.74) is 2.40. The molecule has 5 nitrogen and oxygen atoms in total. The van der Waals surface area contributed by atoms with Crippen LogP contribution in [0.5, 0.6) is 5.75 Å². The summed E-state index contributed by atoms with van der Waals surface area (Å²) in [4.78, 5) is 11.9. The van der Waals surface area contributed by atoms with Crippen molar-refractivity contribution in [2.24, 2.45) is 11.0 Å². The summed E-state index contributed by atoms with van der Waals surface area (Å²) < 4.78 is 23.9. The van der Waals surface area contributed by atoms with E-state index in [1.807, 2.05) is 12.1 Å². The molecule has 1 aromatic heterocycles. The molecule has 1 aliphatic rings. The molecule has 1 amide bonds. The van der Waals surface area contributed by atoms with Crippen LogP contribution in [0, 0.1) is 11.7 Å². The maximum atomic E-state index is 12.8. The zero-order chi connectivity index (χ0) is 17.1. The lowest BCUT2D eigenvalue weighted by molar-refractivity contribution is -0.127. The number of furan rings is 1. The van der Waals surface area contributed by atoms with E-state index in [2.05, 4.69) is 17.5 Å². The van der Waals surface area contributed by atoms with Crippen LogP contribution in [-0.4, -0.2) is 18.2 Å². The molecule has 1 aliphatic carbocycles. The van der Waals surface area contributed by atoms with Gasteiger partial charge in [0.05, 0.1) is 6.21 Å². The van der Waals surface area contributed by atoms with E-state index in [-0.39, 0.29) is 5.82 Å². The van der Waals surface area contributed by atoms with E-state index in [1.165, 1.54) is 30.5 Å². The molecule has 1 N–H and O–H groups in total. The maximum Gasteiger partial charge on any atom is 0.280 e. The molecule has 0 aliphatic heterocycles. The van der Waals surface area contributed by atoms with Gasteiger partial charge in [0.1, 0.15) is 23.1 Å². The number of nitrogens with zero attached hydrogens (tertiary/aromatic N) is 1. The van der Waals surface area contributed by atoms with Crippen molar-refractivity contribution in [1.29, 1.82) is 0 Å². The first-order chi connectivity index (χ1) is 11.5. The van der Waals surface area contributed by atoms with Crippen LogP contribution in [0.15, 0.2) is 45.9 Å². The Hall–Kier alpha value is -2.63. The Morgan fingerprint density at radius 1 is 1.38 bits per heavy atom. The van der Waals surface area contributed by atoms with Crippen LogP contribution in [0.2, 0.25) is 0 Å². The van der Waals surface area contributed by atoms with Crippen LogP contribution >= 0.6 is 0 Å². The molecular weight excluding hydrogens is 311 g/mol. The van der Waals surface area contributed by atoms with Crippen molar-refractivity contribution in [1.82, 2.24) is 5.43 Å². The van der Waals surface area contributed by atoms with E-state index in [0.29, 0.717) is 23.3 Å². The molecule has 0 saturated heterocycles. The first-order valence-corrected chi connectivity index (χ1v) is 7.88. The highest BCUT2D eigenvalue weighted by Crippen LogP contribution is 2.47. The normalized spacial score (nSPS) is 20.8. The summed E-state index contributed by atoms with van der Waals surface area (Å²) in [6.07, 6.45) is 1.85. The Kier molecular flexibility index (Phi) is 4.64. The lowest BCUT2D eigenvalue weighted by atomic mass is 10.3. The fourth-order valence-electron chi connectivity index (χ4n) is 2.38. The third kappa shape index (κ3) is 4.01. The lowest BCUT2D eigenvalue weighted by Gasteiger charge is -2.12. The number of hydrogen-bond donors (Lipinski definition) is 1. The summed E-state index contributed by atoms with van der Waals surface area (Å²) in [6.45, 7) is 3.78. The second-order valence-electron chi connectivity index (χ2n) is 6.01. The second-order valence-corrected chi connectivity index (χ2v) is 6.01. The summed E-state index contributed by atoms with van der Waals surface area (Å²) in [5, 5.41) is 3.87. The maximum absolute atomic E-state index is 12.8. The summed E-state index contributed by atoms with van der Waals surface area (Å²) >= 11 is 0. The molecule has 1 aromatic carbocycles. The average molecular weight is 330 g/mol. The number of ether oxygens (including phenoxy) is 1. The lowest BCUT2D eigenvalue weighted by Crippen LogP contribution is -2.33. The van der Waals surface area contributed by atoms with Crippen molar-refractivity contribution in [3.8, 4) is 5.75 Å². The minimum atomic E-state index is -0.757.